The number of amides is 1. The van der Waals surface area contributed by atoms with Crippen molar-refractivity contribution in [1.82, 2.24) is 29.7 Å². The Hall–Kier alpha value is -3.59. The van der Waals surface area contributed by atoms with Crippen LogP contribution in [0.5, 0.6) is 0 Å². The molecule has 0 unspecified atom stereocenters. The summed E-state index contributed by atoms with van der Waals surface area (Å²) in [6.45, 7) is 2.95. The summed E-state index contributed by atoms with van der Waals surface area (Å²) >= 11 is 0. The van der Waals surface area contributed by atoms with Gasteiger partial charge in [0.25, 0.3) is 5.91 Å². The van der Waals surface area contributed by atoms with Crippen LogP contribution in [-0.4, -0.2) is 43.2 Å². The molecule has 1 amide bonds. The lowest BCUT2D eigenvalue weighted by Gasteiger charge is -2.17. The molecule has 1 aliphatic heterocycles. The number of hydrogen-bond donors (Lipinski definition) is 2. The van der Waals surface area contributed by atoms with Crippen LogP contribution in [0, 0.1) is 5.82 Å². The molecule has 3 aromatic heterocycles. The van der Waals surface area contributed by atoms with E-state index < -0.39 is 5.91 Å². The number of fused-ring (bicyclic) bond motifs is 3. The number of anilines is 1. The molecule has 0 aliphatic carbocycles. The highest BCUT2D eigenvalue weighted by atomic mass is 19.1. The lowest BCUT2D eigenvalue weighted by Crippen LogP contribution is -2.30. The van der Waals surface area contributed by atoms with Crippen molar-refractivity contribution < 1.29 is 9.18 Å². The maximum atomic E-state index is 13.9. The highest BCUT2D eigenvalue weighted by Gasteiger charge is 2.17. The van der Waals surface area contributed by atoms with Gasteiger partial charge in [-0.3, -0.25) is 25.5 Å². The summed E-state index contributed by atoms with van der Waals surface area (Å²) in [4.78, 5) is 27.1. The average Bonchev–Trinajstić information content (AvgIpc) is 3.43. The van der Waals surface area contributed by atoms with Gasteiger partial charge in [-0.1, -0.05) is 0 Å². The first-order valence-corrected chi connectivity index (χ1v) is 9.83. The van der Waals surface area contributed by atoms with Crippen LogP contribution in [0.4, 0.5) is 10.2 Å². The van der Waals surface area contributed by atoms with Gasteiger partial charge in [-0.15, -0.1) is 0 Å². The van der Waals surface area contributed by atoms with Crippen molar-refractivity contribution in [3.05, 3.63) is 66.1 Å². The summed E-state index contributed by atoms with van der Waals surface area (Å²) in [7, 11) is 0. The molecular formula is C21H20FN7O. The summed E-state index contributed by atoms with van der Waals surface area (Å²) in [5.74, 6) is -0.374. The maximum absolute atomic E-state index is 13.9. The quantitative estimate of drug-likeness (QED) is 0.497. The molecule has 1 saturated heterocycles. The minimum Gasteiger partial charge on any atom is -0.307 e. The van der Waals surface area contributed by atoms with Crippen LogP contribution in [0.3, 0.4) is 0 Å². The van der Waals surface area contributed by atoms with Gasteiger partial charge >= 0.3 is 0 Å². The number of hydrazine groups is 1. The number of nitrogens with one attached hydrogen (secondary N) is 2. The first kappa shape index (κ1) is 18.4. The van der Waals surface area contributed by atoms with E-state index in [2.05, 4.69) is 35.1 Å². The van der Waals surface area contributed by atoms with Crippen molar-refractivity contribution >= 4 is 28.3 Å². The van der Waals surface area contributed by atoms with Crippen molar-refractivity contribution in [3.63, 3.8) is 0 Å². The van der Waals surface area contributed by atoms with Crippen LogP contribution in [0.1, 0.15) is 29.0 Å². The molecule has 30 heavy (non-hydrogen) atoms. The van der Waals surface area contributed by atoms with Gasteiger partial charge in [-0.25, -0.2) is 14.4 Å². The Morgan fingerprint density at radius 1 is 1.10 bits per heavy atom. The number of benzene rings is 1. The second-order valence-electron chi connectivity index (χ2n) is 7.29. The van der Waals surface area contributed by atoms with Crippen molar-refractivity contribution in [2.24, 2.45) is 0 Å². The first-order chi connectivity index (χ1) is 14.7. The van der Waals surface area contributed by atoms with Gasteiger partial charge in [0.05, 0.1) is 22.7 Å². The molecule has 9 heteroatoms. The topological polar surface area (TPSA) is 87.5 Å². The van der Waals surface area contributed by atoms with E-state index in [0.717, 1.165) is 36.4 Å². The van der Waals surface area contributed by atoms with E-state index in [9.17, 15) is 9.18 Å². The summed E-state index contributed by atoms with van der Waals surface area (Å²) in [6, 6.07) is 8.57. The third kappa shape index (κ3) is 3.43. The standard InChI is InChI=1S/C21H20FN7O/c22-14-3-5-18-16(11-14)25-20(26-27-21(30)17-12-23-7-8-24-17)19-6-4-15(29(18)19)13-28-9-1-2-10-28/h3-8,11-12H,1-2,9-10,13H2,(H,25,26)(H,27,30). The zero-order valence-electron chi connectivity index (χ0n) is 16.2. The molecule has 2 N–H and O–H groups in total. The Labute approximate surface area is 171 Å². The van der Waals surface area contributed by atoms with Crippen LogP contribution in [-0.2, 0) is 6.54 Å². The molecule has 1 aliphatic rings. The van der Waals surface area contributed by atoms with Gasteiger partial charge in [-0.2, -0.15) is 0 Å². The number of carbonyl (C=O) groups excluding carboxylic acids is 1. The van der Waals surface area contributed by atoms with E-state index >= 15 is 0 Å². The summed E-state index contributed by atoms with van der Waals surface area (Å²) < 4.78 is 16.0. The van der Waals surface area contributed by atoms with Gasteiger partial charge in [0.15, 0.2) is 5.82 Å². The maximum Gasteiger partial charge on any atom is 0.289 e. The Kier molecular flexibility index (Phi) is 4.72. The van der Waals surface area contributed by atoms with Crippen molar-refractivity contribution in [1.29, 1.82) is 0 Å². The monoisotopic (exact) mass is 405 g/mol. The highest BCUT2D eigenvalue weighted by Crippen LogP contribution is 2.26. The van der Waals surface area contributed by atoms with E-state index in [1.54, 1.807) is 6.07 Å². The van der Waals surface area contributed by atoms with Crippen LogP contribution in [0.2, 0.25) is 0 Å². The normalized spacial score (nSPS) is 14.4. The van der Waals surface area contributed by atoms with E-state index in [1.807, 2.05) is 12.1 Å². The Balaban J connectivity index is 1.53. The van der Waals surface area contributed by atoms with Crippen LogP contribution >= 0.6 is 0 Å². The molecule has 4 aromatic rings. The number of rotatable bonds is 5. The van der Waals surface area contributed by atoms with Crippen LogP contribution < -0.4 is 10.9 Å². The predicted octanol–water partition coefficient (Wildman–Crippen LogP) is 2.77. The van der Waals surface area contributed by atoms with E-state index in [4.69, 9.17) is 0 Å². The summed E-state index contributed by atoms with van der Waals surface area (Å²) in [5.41, 5.74) is 8.85. The van der Waals surface area contributed by atoms with E-state index in [0.29, 0.717) is 11.3 Å². The third-order valence-electron chi connectivity index (χ3n) is 5.29. The van der Waals surface area contributed by atoms with Crippen LogP contribution in [0.25, 0.3) is 16.6 Å². The zero-order valence-corrected chi connectivity index (χ0v) is 16.2. The van der Waals surface area contributed by atoms with Gasteiger partial charge in [-0.05, 0) is 50.2 Å². The number of nitrogens with zero attached hydrogens (tertiary/aromatic N) is 5. The smallest absolute Gasteiger partial charge is 0.289 e. The second kappa shape index (κ2) is 7.68. The molecule has 0 radical (unpaired) electrons. The Morgan fingerprint density at radius 3 is 2.73 bits per heavy atom. The fourth-order valence-electron chi connectivity index (χ4n) is 3.88. The average molecular weight is 405 g/mol. The molecule has 0 spiro atoms. The highest BCUT2D eigenvalue weighted by molar-refractivity contribution is 5.93. The lowest BCUT2D eigenvalue weighted by molar-refractivity contribution is 0.0957. The van der Waals surface area contributed by atoms with Gasteiger partial charge in [0.1, 0.15) is 11.5 Å². The third-order valence-corrected chi connectivity index (χ3v) is 5.29. The molecule has 0 saturated carbocycles. The molecule has 8 nitrogen and oxygen atoms in total. The Bertz CT molecular complexity index is 1220. The molecule has 1 aromatic carbocycles. The number of carbonyl (C=O) groups is 1. The van der Waals surface area contributed by atoms with Crippen molar-refractivity contribution in [2.45, 2.75) is 19.4 Å². The van der Waals surface area contributed by atoms with Crippen LogP contribution in [0.15, 0.2) is 48.9 Å². The summed E-state index contributed by atoms with van der Waals surface area (Å²) in [5, 5.41) is 0. The largest absolute Gasteiger partial charge is 0.307 e. The number of aromatic nitrogens is 4. The fourth-order valence-corrected chi connectivity index (χ4v) is 3.88. The molecule has 0 atom stereocenters. The predicted molar refractivity (Wildman–Crippen MR) is 110 cm³/mol. The van der Waals surface area contributed by atoms with Gasteiger partial charge in [0, 0.05) is 30.7 Å². The minimum atomic E-state index is -0.439. The number of halogens is 1. The zero-order chi connectivity index (χ0) is 20.5. The SMILES string of the molecule is O=C(NNc1nc2cc(F)ccc2n2c(CN3CCCC3)ccc12)c1cnccn1. The molecule has 1 fully saturated rings. The molecule has 152 valence electrons. The van der Waals surface area contributed by atoms with E-state index in [1.165, 1.54) is 43.6 Å². The number of hydrogen-bond acceptors (Lipinski definition) is 6. The number of likely N-dealkylation sites (tertiary alicyclic amines) is 1. The molecule has 0 bridgehead atoms. The second-order valence-corrected chi connectivity index (χ2v) is 7.29. The van der Waals surface area contributed by atoms with E-state index in [-0.39, 0.29) is 11.5 Å². The van der Waals surface area contributed by atoms with Crippen molar-refractivity contribution in [2.75, 3.05) is 18.5 Å². The molecule has 5 rings (SSSR count). The molecule has 4 heterocycles. The first-order valence-electron chi connectivity index (χ1n) is 9.83. The fraction of sp³-hybridized carbons (Fsp3) is 0.238. The lowest BCUT2D eigenvalue weighted by atomic mass is 10.2. The van der Waals surface area contributed by atoms with Gasteiger partial charge in [0.2, 0.25) is 0 Å². The van der Waals surface area contributed by atoms with Gasteiger partial charge < -0.3 is 4.40 Å². The molecular weight excluding hydrogens is 385 g/mol. The Morgan fingerprint density at radius 2 is 1.93 bits per heavy atom. The van der Waals surface area contributed by atoms with Crippen molar-refractivity contribution in [3.8, 4) is 0 Å². The summed E-state index contributed by atoms with van der Waals surface area (Å²) in [6.07, 6.45) is 6.73. The minimum absolute atomic E-state index is 0.179.